The number of hydrogen-bond acceptors (Lipinski definition) is 6. The number of halogens is 5. The zero-order valence-corrected chi connectivity index (χ0v) is 30.2. The molecule has 8 nitrogen and oxygen atoms in total. The fraction of sp³-hybridized carbons (Fsp3) is 0.263. The number of ether oxygens (including phenoxy) is 1. The highest BCUT2D eigenvalue weighted by molar-refractivity contribution is 14.1. The molecule has 1 aliphatic heterocycles. The maximum Gasteiger partial charge on any atom is 0.419 e. The van der Waals surface area contributed by atoms with Gasteiger partial charge in [-0.15, -0.1) is 0 Å². The van der Waals surface area contributed by atoms with Crippen molar-refractivity contribution in [3.05, 3.63) is 118 Å². The van der Waals surface area contributed by atoms with E-state index in [1.54, 1.807) is 29.3 Å². The van der Waals surface area contributed by atoms with Crippen LogP contribution in [0.25, 0.3) is 27.8 Å². The number of carbonyl (C=O) groups is 1. The van der Waals surface area contributed by atoms with E-state index in [0.717, 1.165) is 46.0 Å². The summed E-state index contributed by atoms with van der Waals surface area (Å²) in [5.41, 5.74) is 6.32. The number of aryl methyl sites for hydroxylation is 2. The fourth-order valence-corrected chi connectivity index (χ4v) is 7.56. The van der Waals surface area contributed by atoms with Crippen molar-refractivity contribution < 1.29 is 27.1 Å². The Labute approximate surface area is 305 Å². The first-order chi connectivity index (χ1) is 24.6. The van der Waals surface area contributed by atoms with E-state index < -0.39 is 17.6 Å². The van der Waals surface area contributed by atoms with Crippen LogP contribution >= 0.6 is 22.6 Å². The van der Waals surface area contributed by atoms with Gasteiger partial charge in [0, 0.05) is 64.6 Å². The lowest BCUT2D eigenvalue weighted by Gasteiger charge is -2.27. The van der Waals surface area contributed by atoms with Crippen molar-refractivity contribution in [1.29, 1.82) is 0 Å². The topological polar surface area (TPSA) is 78.1 Å². The molecule has 1 aliphatic rings. The Balaban J connectivity index is 1.48. The van der Waals surface area contributed by atoms with Crippen LogP contribution in [-0.2, 0) is 36.4 Å². The van der Waals surface area contributed by atoms with Gasteiger partial charge in [0.1, 0.15) is 5.52 Å². The molecule has 0 radical (unpaired) electrons. The van der Waals surface area contributed by atoms with E-state index in [1.165, 1.54) is 17.7 Å². The molecule has 7 rings (SSSR count). The number of methoxy groups -OCH3 is 1. The first-order valence-corrected chi connectivity index (χ1v) is 18.0. The number of aromatic nitrogens is 5. The minimum atomic E-state index is -4.56. The second-order valence-corrected chi connectivity index (χ2v) is 13.0. The Kier molecular flexibility index (Phi) is 9.33. The van der Waals surface area contributed by atoms with Gasteiger partial charge in [0.05, 0.1) is 29.7 Å². The first kappa shape index (κ1) is 34.6. The molecule has 0 N–H and O–H groups in total. The molecule has 0 amide bonds. The Morgan fingerprint density at radius 1 is 0.980 bits per heavy atom. The molecule has 0 bridgehead atoms. The normalized spacial score (nSPS) is 13.1. The summed E-state index contributed by atoms with van der Waals surface area (Å²) >= 11 is 2.21. The molecule has 6 aromatic rings. The molecule has 0 fully saturated rings. The SMILES string of the molecule is CCc1cccc(CC)c1-n1nc2c(c1-c1cc(F)c(OC)c3c1ccn3C(=O)c1ccccc1CI)CN(c1ncc(C(F)(F)F)cn1)CC2. The summed E-state index contributed by atoms with van der Waals surface area (Å²) in [7, 11) is 1.37. The number of hydrogen-bond donors (Lipinski definition) is 0. The van der Waals surface area contributed by atoms with E-state index in [1.807, 2.05) is 35.0 Å². The second kappa shape index (κ2) is 13.7. The zero-order valence-electron chi connectivity index (χ0n) is 28.1. The van der Waals surface area contributed by atoms with E-state index in [0.29, 0.717) is 52.4 Å². The van der Waals surface area contributed by atoms with Crippen LogP contribution in [-0.4, -0.2) is 43.9 Å². The third-order valence-electron chi connectivity index (χ3n) is 9.41. The largest absolute Gasteiger partial charge is 0.492 e. The number of nitrogens with zero attached hydrogens (tertiary/aromatic N) is 6. The minimum absolute atomic E-state index is 0.0676. The predicted molar refractivity (Wildman–Crippen MR) is 195 cm³/mol. The van der Waals surface area contributed by atoms with Crippen molar-refractivity contribution in [2.75, 3.05) is 18.6 Å². The van der Waals surface area contributed by atoms with Crippen molar-refractivity contribution in [3.8, 4) is 22.7 Å². The Hall–Kier alpha value is -4.79. The third-order valence-corrected chi connectivity index (χ3v) is 10.2. The number of para-hydroxylation sites is 1. The number of benzene rings is 3. The van der Waals surface area contributed by atoms with E-state index in [9.17, 15) is 18.0 Å². The van der Waals surface area contributed by atoms with E-state index in [2.05, 4.69) is 46.4 Å². The molecule has 51 heavy (non-hydrogen) atoms. The molecule has 0 unspecified atom stereocenters. The Morgan fingerprint density at radius 3 is 2.31 bits per heavy atom. The summed E-state index contributed by atoms with van der Waals surface area (Å²) in [6.07, 6.45) is 0.514. The molecule has 4 heterocycles. The molecule has 3 aromatic heterocycles. The third kappa shape index (κ3) is 6.04. The Morgan fingerprint density at radius 2 is 1.67 bits per heavy atom. The van der Waals surface area contributed by atoms with Gasteiger partial charge in [-0.2, -0.15) is 18.3 Å². The highest BCUT2D eigenvalue weighted by Gasteiger charge is 2.34. The molecule has 262 valence electrons. The van der Waals surface area contributed by atoms with Crippen LogP contribution in [0.4, 0.5) is 23.5 Å². The van der Waals surface area contributed by atoms with Crippen LogP contribution in [0.5, 0.6) is 5.75 Å². The average Bonchev–Trinajstić information content (AvgIpc) is 3.75. The fourth-order valence-electron chi connectivity index (χ4n) is 6.90. The van der Waals surface area contributed by atoms with Crippen molar-refractivity contribution >= 4 is 45.3 Å². The summed E-state index contributed by atoms with van der Waals surface area (Å²) in [5.74, 6) is -0.901. The number of rotatable bonds is 8. The van der Waals surface area contributed by atoms with Gasteiger partial charge in [-0.05, 0) is 47.7 Å². The number of alkyl halides is 4. The lowest BCUT2D eigenvalue weighted by atomic mass is 9.97. The molecule has 0 saturated heterocycles. The average molecular weight is 809 g/mol. The number of carbonyl (C=O) groups excluding carboxylic acids is 1. The van der Waals surface area contributed by atoms with Crippen molar-refractivity contribution in [3.63, 3.8) is 0 Å². The predicted octanol–water partition coefficient (Wildman–Crippen LogP) is 8.76. The summed E-state index contributed by atoms with van der Waals surface area (Å²) in [6, 6.07) is 16.6. The molecular formula is C38H33F4IN6O2. The highest BCUT2D eigenvalue weighted by Crippen LogP contribution is 2.43. The van der Waals surface area contributed by atoms with Gasteiger partial charge in [0.2, 0.25) is 5.95 Å². The summed E-state index contributed by atoms with van der Waals surface area (Å²) < 4.78 is 65.9. The monoisotopic (exact) mass is 808 g/mol. The van der Waals surface area contributed by atoms with Crippen LogP contribution < -0.4 is 9.64 Å². The van der Waals surface area contributed by atoms with Gasteiger partial charge in [-0.25, -0.2) is 19.0 Å². The van der Waals surface area contributed by atoms with Gasteiger partial charge in [0.15, 0.2) is 11.6 Å². The molecule has 13 heteroatoms. The lowest BCUT2D eigenvalue weighted by Crippen LogP contribution is -2.31. The maximum absolute atomic E-state index is 16.4. The van der Waals surface area contributed by atoms with Gasteiger partial charge in [-0.3, -0.25) is 9.36 Å². The van der Waals surface area contributed by atoms with E-state index in [4.69, 9.17) is 9.84 Å². The van der Waals surface area contributed by atoms with Crippen LogP contribution in [0, 0.1) is 5.82 Å². The lowest BCUT2D eigenvalue weighted by molar-refractivity contribution is -0.138. The molecular weight excluding hydrogens is 775 g/mol. The quantitative estimate of drug-likeness (QED) is 0.0870. The highest BCUT2D eigenvalue weighted by atomic mass is 127. The van der Waals surface area contributed by atoms with Gasteiger partial charge >= 0.3 is 6.18 Å². The maximum atomic E-state index is 16.4. The van der Waals surface area contributed by atoms with Gasteiger partial charge in [0.25, 0.3) is 5.91 Å². The molecule has 0 aliphatic carbocycles. The standard InChI is InChI=1S/C38H33F4IN6O2/c1-4-22-10-8-11-23(5-2)32(22)49-33(29-21-47(15-14-31(29)46-49)37-44-19-25(20-45-37)38(40,41)42)28-17-30(39)35(51-3)34-27(28)13-16-48(34)36(50)26-12-7-6-9-24(26)18-43/h6-13,16-17,19-20H,4-5,14-15,18,21H2,1-3H3. The number of fused-ring (bicyclic) bond motifs is 2. The van der Waals surface area contributed by atoms with Gasteiger partial charge in [-0.1, -0.05) is 72.8 Å². The van der Waals surface area contributed by atoms with Crippen LogP contribution in [0.3, 0.4) is 0 Å². The minimum Gasteiger partial charge on any atom is -0.492 e. The molecule has 3 aromatic carbocycles. The second-order valence-electron chi connectivity index (χ2n) is 12.2. The smallest absolute Gasteiger partial charge is 0.419 e. The van der Waals surface area contributed by atoms with Crippen LogP contribution in [0.2, 0.25) is 0 Å². The Bertz CT molecular complexity index is 2260. The van der Waals surface area contributed by atoms with E-state index >= 15 is 4.39 Å². The summed E-state index contributed by atoms with van der Waals surface area (Å²) in [6.45, 7) is 4.76. The van der Waals surface area contributed by atoms with E-state index in [-0.39, 0.29) is 29.7 Å². The molecule has 0 saturated carbocycles. The zero-order chi connectivity index (χ0) is 36.0. The van der Waals surface area contributed by atoms with Crippen molar-refractivity contribution in [1.82, 2.24) is 24.3 Å². The molecule has 0 atom stereocenters. The first-order valence-electron chi connectivity index (χ1n) is 16.5. The van der Waals surface area contributed by atoms with Crippen LogP contribution in [0.1, 0.15) is 57.7 Å². The summed E-state index contributed by atoms with van der Waals surface area (Å²) in [5, 5.41) is 5.73. The van der Waals surface area contributed by atoms with Crippen LogP contribution in [0.15, 0.2) is 73.2 Å². The summed E-state index contributed by atoms with van der Waals surface area (Å²) in [4.78, 5) is 24.1. The van der Waals surface area contributed by atoms with Crippen molar-refractivity contribution in [2.45, 2.75) is 50.3 Å². The van der Waals surface area contributed by atoms with Gasteiger partial charge < -0.3 is 9.64 Å². The molecule has 0 spiro atoms. The number of anilines is 1. The van der Waals surface area contributed by atoms with Crippen molar-refractivity contribution in [2.24, 2.45) is 0 Å².